The molecule has 0 saturated carbocycles. The molecule has 0 spiro atoms. The van der Waals surface area contributed by atoms with E-state index in [4.69, 9.17) is 0 Å². The largest absolute Gasteiger partial charge is 0.227 e. The first-order chi connectivity index (χ1) is 13.0. The standard InChI is InChI=1S/C24H40O4S2/c1-21(2,3)13-14(22(4,5)6)18-20-16(24(10,11)12)15(23(7,8)9)19(30(20,27)28)17(13)29(18,25)26/h17-20H,1-12H3. The minimum Gasteiger partial charge on any atom is -0.227 e. The van der Waals surface area contributed by atoms with E-state index in [-0.39, 0.29) is 0 Å². The van der Waals surface area contributed by atoms with Crippen LogP contribution in [0.1, 0.15) is 83.1 Å². The van der Waals surface area contributed by atoms with Crippen LogP contribution in [-0.2, 0) is 19.7 Å². The van der Waals surface area contributed by atoms with Crippen molar-refractivity contribution < 1.29 is 16.8 Å². The molecule has 3 heterocycles. The third-order valence-corrected chi connectivity index (χ3v) is 12.1. The Morgan fingerprint density at radius 1 is 0.400 bits per heavy atom. The Labute approximate surface area is 184 Å². The number of hydrogen-bond acceptors (Lipinski definition) is 4. The van der Waals surface area contributed by atoms with Crippen LogP contribution in [0.25, 0.3) is 0 Å². The van der Waals surface area contributed by atoms with Crippen molar-refractivity contribution in [3.8, 4) is 0 Å². The summed E-state index contributed by atoms with van der Waals surface area (Å²) in [4.78, 5) is 0. The van der Waals surface area contributed by atoms with Crippen LogP contribution in [0.2, 0.25) is 0 Å². The molecule has 30 heavy (non-hydrogen) atoms. The molecule has 3 aliphatic rings. The number of hydrogen-bond donors (Lipinski definition) is 0. The van der Waals surface area contributed by atoms with E-state index in [0.29, 0.717) is 0 Å². The third-order valence-electron chi connectivity index (χ3n) is 6.92. The van der Waals surface area contributed by atoms with Crippen molar-refractivity contribution in [3.05, 3.63) is 22.3 Å². The number of rotatable bonds is 0. The topological polar surface area (TPSA) is 68.3 Å². The van der Waals surface area contributed by atoms with Crippen LogP contribution < -0.4 is 0 Å². The van der Waals surface area contributed by atoms with Crippen LogP contribution in [0.3, 0.4) is 0 Å². The van der Waals surface area contributed by atoms with E-state index >= 15 is 0 Å². The van der Waals surface area contributed by atoms with Crippen molar-refractivity contribution in [3.63, 3.8) is 0 Å². The highest BCUT2D eigenvalue weighted by Crippen LogP contribution is 2.64. The van der Waals surface area contributed by atoms with Gasteiger partial charge in [0.25, 0.3) is 0 Å². The molecule has 0 aromatic heterocycles. The smallest absolute Gasteiger partial charge is 0.166 e. The minimum atomic E-state index is -3.68. The molecule has 4 atom stereocenters. The fourth-order valence-electron chi connectivity index (χ4n) is 6.20. The molecule has 1 fully saturated rings. The molecule has 0 aromatic carbocycles. The maximum atomic E-state index is 14.1. The third kappa shape index (κ3) is 3.02. The van der Waals surface area contributed by atoms with Crippen LogP contribution in [0.15, 0.2) is 22.3 Å². The number of fused-ring (bicyclic) bond motifs is 6. The van der Waals surface area contributed by atoms with Crippen LogP contribution in [0.5, 0.6) is 0 Å². The van der Waals surface area contributed by atoms with E-state index in [1.54, 1.807) is 0 Å². The van der Waals surface area contributed by atoms with Gasteiger partial charge < -0.3 is 0 Å². The van der Waals surface area contributed by atoms with Gasteiger partial charge in [0.2, 0.25) is 0 Å². The number of sulfone groups is 2. The normalized spacial score (nSPS) is 33.5. The lowest BCUT2D eigenvalue weighted by Gasteiger charge is -2.37. The molecule has 0 amide bonds. The molecule has 6 heteroatoms. The Kier molecular flexibility index (Phi) is 4.83. The maximum Gasteiger partial charge on any atom is 0.166 e. The molecular weight excluding hydrogens is 416 g/mol. The van der Waals surface area contributed by atoms with Crippen LogP contribution in [0.4, 0.5) is 0 Å². The quantitative estimate of drug-likeness (QED) is 0.475. The second-order valence-corrected chi connectivity index (χ2v) is 17.9. The van der Waals surface area contributed by atoms with Gasteiger partial charge in [0.05, 0.1) is 0 Å². The minimum absolute atomic E-state index is 0.431. The molecule has 0 radical (unpaired) electrons. The molecule has 4 bridgehead atoms. The average Bonchev–Trinajstić information content (AvgIpc) is 2.68. The predicted octanol–water partition coefficient (Wildman–Crippen LogP) is 5.11. The summed E-state index contributed by atoms with van der Waals surface area (Å²) in [5.41, 5.74) is 1.63. The van der Waals surface area contributed by atoms with Gasteiger partial charge in [-0.2, -0.15) is 0 Å². The molecular formula is C24H40O4S2. The van der Waals surface area contributed by atoms with Gasteiger partial charge in [0.1, 0.15) is 21.0 Å². The summed E-state index contributed by atoms with van der Waals surface area (Å²) in [6, 6.07) is 0. The van der Waals surface area contributed by atoms with Crippen molar-refractivity contribution in [2.75, 3.05) is 0 Å². The summed E-state index contributed by atoms with van der Waals surface area (Å²) < 4.78 is 56.2. The van der Waals surface area contributed by atoms with Gasteiger partial charge in [-0.15, -0.1) is 0 Å². The lowest BCUT2D eigenvalue weighted by molar-refractivity contribution is 0.402. The SMILES string of the molecule is CC(C)(C)C1=C(C(C)(C)C)C2C3C(C(C)(C)C)=C(C(C)(C)C)C(C1S2(=O)=O)S3(=O)=O. The van der Waals surface area contributed by atoms with Crippen molar-refractivity contribution in [1.82, 2.24) is 0 Å². The van der Waals surface area contributed by atoms with E-state index in [9.17, 15) is 16.8 Å². The first-order valence-corrected chi connectivity index (χ1v) is 14.1. The molecule has 0 aromatic rings. The summed E-state index contributed by atoms with van der Waals surface area (Å²) in [6.45, 7) is 24.3. The molecule has 0 N–H and O–H groups in total. The van der Waals surface area contributed by atoms with Gasteiger partial charge in [-0.05, 0) is 44.0 Å². The van der Waals surface area contributed by atoms with Crippen molar-refractivity contribution in [2.24, 2.45) is 21.7 Å². The summed E-state index contributed by atoms with van der Waals surface area (Å²) in [5, 5.41) is -3.92. The van der Waals surface area contributed by atoms with Crippen molar-refractivity contribution in [1.29, 1.82) is 0 Å². The fourth-order valence-corrected chi connectivity index (χ4v) is 13.9. The molecule has 1 saturated heterocycles. The van der Waals surface area contributed by atoms with Gasteiger partial charge in [0, 0.05) is 0 Å². The lowest BCUT2D eigenvalue weighted by Crippen LogP contribution is -2.54. The molecule has 4 unspecified atom stereocenters. The van der Waals surface area contributed by atoms with Crippen LogP contribution in [-0.4, -0.2) is 37.8 Å². The molecule has 0 aliphatic carbocycles. The Balaban J connectivity index is 2.56. The second kappa shape index (κ2) is 6.03. The summed E-state index contributed by atoms with van der Waals surface area (Å²) >= 11 is 0. The highest BCUT2D eigenvalue weighted by molar-refractivity contribution is 8.01. The molecule has 3 rings (SSSR count). The molecule has 172 valence electrons. The Morgan fingerprint density at radius 3 is 0.633 bits per heavy atom. The van der Waals surface area contributed by atoms with Crippen molar-refractivity contribution in [2.45, 2.75) is 104 Å². The predicted molar refractivity (Wildman–Crippen MR) is 125 cm³/mol. The monoisotopic (exact) mass is 456 g/mol. The van der Waals surface area contributed by atoms with E-state index < -0.39 is 62.3 Å². The van der Waals surface area contributed by atoms with Crippen molar-refractivity contribution >= 4 is 19.7 Å². The second-order valence-electron chi connectivity index (χ2n) is 13.5. The van der Waals surface area contributed by atoms with Gasteiger partial charge in [-0.1, -0.05) is 83.1 Å². The summed E-state index contributed by atoms with van der Waals surface area (Å²) in [5.74, 6) is 0. The molecule has 3 aliphatic heterocycles. The average molecular weight is 457 g/mol. The summed E-state index contributed by atoms with van der Waals surface area (Å²) in [7, 11) is -7.36. The van der Waals surface area contributed by atoms with E-state index in [1.165, 1.54) is 0 Å². The van der Waals surface area contributed by atoms with Gasteiger partial charge in [-0.25, -0.2) is 16.8 Å². The maximum absolute atomic E-state index is 14.1. The Hall–Kier alpha value is -0.620. The van der Waals surface area contributed by atoms with Gasteiger partial charge in [0.15, 0.2) is 19.7 Å². The van der Waals surface area contributed by atoms with Gasteiger partial charge in [-0.3, -0.25) is 0 Å². The highest BCUT2D eigenvalue weighted by Gasteiger charge is 2.72. The fraction of sp³-hybridized carbons (Fsp3) is 0.833. The Morgan fingerprint density at radius 2 is 0.533 bits per heavy atom. The summed E-state index contributed by atoms with van der Waals surface area (Å²) in [6.07, 6.45) is 0. The van der Waals surface area contributed by atoms with Crippen LogP contribution >= 0.6 is 0 Å². The highest BCUT2D eigenvalue weighted by atomic mass is 32.2. The zero-order valence-corrected chi connectivity index (χ0v) is 22.4. The van der Waals surface area contributed by atoms with Gasteiger partial charge >= 0.3 is 0 Å². The first kappa shape index (κ1) is 24.0. The lowest BCUT2D eigenvalue weighted by atomic mass is 9.65. The van der Waals surface area contributed by atoms with E-state index in [2.05, 4.69) is 0 Å². The molecule has 4 nitrogen and oxygen atoms in total. The zero-order valence-electron chi connectivity index (χ0n) is 20.8. The van der Waals surface area contributed by atoms with Crippen LogP contribution in [0, 0.1) is 21.7 Å². The van der Waals surface area contributed by atoms with E-state index in [1.807, 2.05) is 83.1 Å². The first-order valence-electron chi connectivity index (χ1n) is 10.9. The zero-order chi connectivity index (χ0) is 23.6. The Bertz CT molecular complexity index is 898. The van der Waals surface area contributed by atoms with E-state index in [0.717, 1.165) is 22.3 Å².